The first kappa shape index (κ1) is 23.2. The number of hydrogen-bond acceptors (Lipinski definition) is 3. The van der Waals surface area contributed by atoms with E-state index in [-0.39, 0.29) is 16.7 Å². The minimum atomic E-state index is -0.380. The third kappa shape index (κ3) is 9.18. The van der Waals surface area contributed by atoms with Gasteiger partial charge in [0, 0.05) is 12.0 Å². The smallest absolute Gasteiger partial charge is 0.225 e. The summed E-state index contributed by atoms with van der Waals surface area (Å²) in [5.41, 5.74) is 5.11. The molecule has 0 saturated carbocycles. The number of allylic oxidation sites excluding steroid dienone is 1. The number of unbranched alkanes of at least 4 members (excludes halogenated alkanes) is 3. The molecule has 0 bridgehead atoms. The van der Waals surface area contributed by atoms with E-state index in [1.165, 1.54) is 25.7 Å². The maximum atomic E-state index is 12.5. The van der Waals surface area contributed by atoms with Crippen molar-refractivity contribution in [3.05, 3.63) is 12.2 Å². The molecule has 0 spiro atoms. The fourth-order valence-corrected chi connectivity index (χ4v) is 3.75. The average molecular weight is 367 g/mol. The Morgan fingerprint density at radius 2 is 1.85 bits per heavy atom. The van der Waals surface area contributed by atoms with Crippen LogP contribution in [0.25, 0.3) is 0 Å². The number of carbonyl (C=O) groups is 1. The van der Waals surface area contributed by atoms with Crippen LogP contribution in [0.15, 0.2) is 12.2 Å². The largest absolute Gasteiger partial charge is 0.369 e. The summed E-state index contributed by atoms with van der Waals surface area (Å²) < 4.78 is 5.76. The lowest BCUT2D eigenvalue weighted by molar-refractivity contribution is -0.130. The Balaban J connectivity index is 2.33. The van der Waals surface area contributed by atoms with Gasteiger partial charge in [0.05, 0.1) is 12.2 Å². The first-order valence-corrected chi connectivity index (χ1v) is 10.5. The highest BCUT2D eigenvalue weighted by Crippen LogP contribution is 2.36. The molecule has 26 heavy (non-hydrogen) atoms. The molecular formula is C22H42N2O2. The van der Waals surface area contributed by atoms with Crippen molar-refractivity contribution in [1.29, 1.82) is 0 Å². The molecule has 1 aliphatic rings. The van der Waals surface area contributed by atoms with E-state index in [9.17, 15) is 4.79 Å². The van der Waals surface area contributed by atoms with Crippen molar-refractivity contribution in [2.75, 3.05) is 13.1 Å². The molecule has 1 heterocycles. The van der Waals surface area contributed by atoms with Crippen LogP contribution in [0.4, 0.5) is 0 Å². The molecule has 0 aromatic rings. The van der Waals surface area contributed by atoms with Gasteiger partial charge in [-0.05, 0) is 44.1 Å². The number of carbonyl (C=O) groups excluding carboxylic acids is 1. The summed E-state index contributed by atoms with van der Waals surface area (Å²) in [4.78, 5) is 12.5. The molecule has 0 aromatic carbocycles. The second-order valence-corrected chi connectivity index (χ2v) is 9.15. The van der Waals surface area contributed by atoms with Gasteiger partial charge in [0.1, 0.15) is 0 Å². The number of nitrogens with two attached hydrogens (primary N) is 1. The summed E-state index contributed by atoms with van der Waals surface area (Å²) in [5, 5.41) is 3.06. The number of rotatable bonds is 14. The van der Waals surface area contributed by atoms with Crippen molar-refractivity contribution in [2.24, 2.45) is 16.6 Å². The van der Waals surface area contributed by atoms with E-state index in [4.69, 9.17) is 10.5 Å². The Morgan fingerprint density at radius 1 is 1.12 bits per heavy atom. The van der Waals surface area contributed by atoms with E-state index in [0.717, 1.165) is 25.7 Å². The number of hydrogen-bond donors (Lipinski definition) is 2. The Bertz CT molecular complexity index is 443. The highest BCUT2D eigenvalue weighted by molar-refractivity contribution is 5.81. The average Bonchev–Trinajstić information content (AvgIpc) is 3.28. The second-order valence-electron chi connectivity index (χ2n) is 9.15. The van der Waals surface area contributed by atoms with E-state index in [0.29, 0.717) is 25.3 Å². The summed E-state index contributed by atoms with van der Waals surface area (Å²) in [6.07, 6.45) is 14.2. The van der Waals surface area contributed by atoms with Gasteiger partial charge in [-0.25, -0.2) is 0 Å². The van der Waals surface area contributed by atoms with E-state index < -0.39 is 0 Å². The second kappa shape index (κ2) is 11.1. The van der Waals surface area contributed by atoms with Gasteiger partial charge >= 0.3 is 0 Å². The monoisotopic (exact) mass is 366 g/mol. The summed E-state index contributed by atoms with van der Waals surface area (Å²) in [6.45, 7) is 12.1. The van der Waals surface area contributed by atoms with Crippen molar-refractivity contribution in [3.8, 4) is 0 Å². The van der Waals surface area contributed by atoms with Crippen molar-refractivity contribution >= 4 is 5.91 Å². The van der Waals surface area contributed by atoms with E-state index >= 15 is 0 Å². The van der Waals surface area contributed by atoms with E-state index in [1.807, 2.05) is 13.8 Å². The summed E-state index contributed by atoms with van der Waals surface area (Å²) in [5.74, 6) is 0.137. The third-order valence-corrected chi connectivity index (χ3v) is 5.15. The normalized spacial score (nSPS) is 20.5. The lowest BCUT2D eigenvalue weighted by Crippen LogP contribution is -2.40. The molecule has 0 aromatic heterocycles. The van der Waals surface area contributed by atoms with Crippen LogP contribution >= 0.6 is 0 Å². The maximum absolute atomic E-state index is 12.5. The van der Waals surface area contributed by atoms with Crippen LogP contribution in [0.1, 0.15) is 86.0 Å². The van der Waals surface area contributed by atoms with E-state index in [1.54, 1.807) is 0 Å². The van der Waals surface area contributed by atoms with Crippen molar-refractivity contribution in [3.63, 3.8) is 0 Å². The standard InChI is InChI=1S/C22H42N2O2/c1-6-7-8-12-18-19(26-18)13-11-14-21(2,3)17-22(4,5)20(25)24-16-10-9-15-23/h11,14,18-19H,6-10,12-13,15-17,23H2,1-5H3,(H,24,25)/b14-11+. The van der Waals surface area contributed by atoms with Crippen molar-refractivity contribution in [2.45, 2.75) is 98.2 Å². The van der Waals surface area contributed by atoms with E-state index in [2.05, 4.69) is 38.2 Å². The molecule has 1 fully saturated rings. The fourth-order valence-electron chi connectivity index (χ4n) is 3.75. The van der Waals surface area contributed by atoms with Gasteiger partial charge in [-0.15, -0.1) is 0 Å². The first-order chi connectivity index (χ1) is 12.2. The zero-order chi connectivity index (χ0) is 19.6. The first-order valence-electron chi connectivity index (χ1n) is 10.5. The zero-order valence-electron chi connectivity index (χ0n) is 17.8. The van der Waals surface area contributed by atoms with Crippen LogP contribution < -0.4 is 11.1 Å². The maximum Gasteiger partial charge on any atom is 0.225 e. The number of nitrogens with one attached hydrogen (secondary N) is 1. The lowest BCUT2D eigenvalue weighted by atomic mass is 9.74. The minimum Gasteiger partial charge on any atom is -0.369 e. The topological polar surface area (TPSA) is 67.7 Å². The van der Waals surface area contributed by atoms with Crippen LogP contribution in [0.5, 0.6) is 0 Å². The highest BCUT2D eigenvalue weighted by atomic mass is 16.6. The molecule has 152 valence electrons. The van der Waals surface area contributed by atoms with Gasteiger partial charge in [-0.2, -0.15) is 0 Å². The van der Waals surface area contributed by atoms with Crippen LogP contribution in [0, 0.1) is 10.8 Å². The molecule has 1 amide bonds. The van der Waals surface area contributed by atoms with Gasteiger partial charge in [-0.3, -0.25) is 4.79 Å². The van der Waals surface area contributed by atoms with Gasteiger partial charge in [0.25, 0.3) is 0 Å². The Hall–Kier alpha value is -0.870. The molecule has 1 saturated heterocycles. The Kier molecular flexibility index (Phi) is 9.88. The summed E-state index contributed by atoms with van der Waals surface area (Å²) in [6, 6.07) is 0. The molecule has 4 heteroatoms. The minimum absolute atomic E-state index is 0.00923. The molecule has 2 atom stereocenters. The molecule has 1 rings (SSSR count). The number of ether oxygens (including phenoxy) is 1. The molecule has 1 aliphatic heterocycles. The van der Waals surface area contributed by atoms with Crippen LogP contribution in [-0.2, 0) is 9.53 Å². The fraction of sp³-hybridized carbons (Fsp3) is 0.864. The van der Waals surface area contributed by atoms with Crippen molar-refractivity contribution < 1.29 is 9.53 Å². The number of amides is 1. The lowest BCUT2D eigenvalue weighted by Gasteiger charge is -2.32. The molecule has 4 nitrogen and oxygen atoms in total. The third-order valence-electron chi connectivity index (χ3n) is 5.15. The van der Waals surface area contributed by atoms with Gasteiger partial charge < -0.3 is 15.8 Å². The Morgan fingerprint density at radius 3 is 2.50 bits per heavy atom. The van der Waals surface area contributed by atoms with Gasteiger partial charge in [-0.1, -0.05) is 66.0 Å². The van der Waals surface area contributed by atoms with Crippen LogP contribution in [0.3, 0.4) is 0 Å². The zero-order valence-corrected chi connectivity index (χ0v) is 17.8. The van der Waals surface area contributed by atoms with Gasteiger partial charge in [0.2, 0.25) is 5.91 Å². The summed E-state index contributed by atoms with van der Waals surface area (Å²) in [7, 11) is 0. The summed E-state index contributed by atoms with van der Waals surface area (Å²) >= 11 is 0. The number of epoxide rings is 1. The van der Waals surface area contributed by atoms with Crippen LogP contribution in [0.2, 0.25) is 0 Å². The molecule has 3 N–H and O–H groups in total. The van der Waals surface area contributed by atoms with Gasteiger partial charge in [0.15, 0.2) is 0 Å². The highest BCUT2D eigenvalue weighted by Gasteiger charge is 2.37. The quantitative estimate of drug-likeness (QED) is 0.269. The van der Waals surface area contributed by atoms with Crippen molar-refractivity contribution in [1.82, 2.24) is 5.32 Å². The predicted molar refractivity (Wildman–Crippen MR) is 110 cm³/mol. The SMILES string of the molecule is CCCCCC1OC1C/C=C/C(C)(C)CC(C)(C)C(=O)NCCCCN. The predicted octanol–water partition coefficient (Wildman–Crippen LogP) is 4.58. The Labute approximate surface area is 161 Å². The molecule has 2 unspecified atom stereocenters. The van der Waals surface area contributed by atoms with Crippen LogP contribution in [-0.4, -0.2) is 31.2 Å². The molecule has 0 radical (unpaired) electrons. The molecular weight excluding hydrogens is 324 g/mol. The molecule has 0 aliphatic carbocycles.